The van der Waals surface area contributed by atoms with Gasteiger partial charge in [-0.25, -0.2) is 0 Å². The molecule has 1 aliphatic rings. The number of carbonyl (C=O) groups is 1. The van der Waals surface area contributed by atoms with Gasteiger partial charge in [-0.05, 0) is 50.5 Å². The van der Waals surface area contributed by atoms with Crippen molar-refractivity contribution < 1.29 is 19.4 Å². The summed E-state index contributed by atoms with van der Waals surface area (Å²) in [4.78, 5) is 11.7. The quantitative estimate of drug-likeness (QED) is 0.868. The van der Waals surface area contributed by atoms with Crippen molar-refractivity contribution in [1.82, 2.24) is 0 Å². The summed E-state index contributed by atoms with van der Waals surface area (Å²) >= 11 is 0. The average molecular weight is 278 g/mol. The summed E-state index contributed by atoms with van der Waals surface area (Å²) in [6.45, 7) is 4.31. The van der Waals surface area contributed by atoms with Crippen molar-refractivity contribution in [3.05, 3.63) is 29.3 Å². The molecular weight excluding hydrogens is 256 g/mol. The van der Waals surface area contributed by atoms with Gasteiger partial charge < -0.3 is 14.6 Å². The van der Waals surface area contributed by atoms with Crippen LogP contribution >= 0.6 is 0 Å². The Morgan fingerprint density at radius 1 is 1.25 bits per heavy atom. The second-order valence-corrected chi connectivity index (χ2v) is 5.44. The Balaban J connectivity index is 1.89. The summed E-state index contributed by atoms with van der Waals surface area (Å²) in [7, 11) is 0. The van der Waals surface area contributed by atoms with Gasteiger partial charge in [0.2, 0.25) is 0 Å². The van der Waals surface area contributed by atoms with Crippen LogP contribution in [0.3, 0.4) is 0 Å². The SMILES string of the molecule is CC(C)OCC(O)COc1ccc2c(c1)CCCC2=O. The highest BCUT2D eigenvalue weighted by Gasteiger charge is 2.17. The van der Waals surface area contributed by atoms with E-state index in [1.165, 1.54) is 0 Å². The molecule has 0 bridgehead atoms. The smallest absolute Gasteiger partial charge is 0.163 e. The van der Waals surface area contributed by atoms with Crippen LogP contribution in [-0.2, 0) is 11.2 Å². The Hall–Kier alpha value is -1.39. The largest absolute Gasteiger partial charge is 0.491 e. The fourth-order valence-electron chi connectivity index (χ4n) is 2.26. The van der Waals surface area contributed by atoms with Gasteiger partial charge in [0.25, 0.3) is 0 Å². The first-order valence-corrected chi connectivity index (χ1v) is 7.15. The molecule has 0 amide bonds. The van der Waals surface area contributed by atoms with Crippen molar-refractivity contribution in [2.45, 2.75) is 45.3 Å². The van der Waals surface area contributed by atoms with Crippen molar-refractivity contribution in [1.29, 1.82) is 0 Å². The molecule has 1 aliphatic carbocycles. The number of ketones is 1. The molecule has 0 heterocycles. The van der Waals surface area contributed by atoms with Gasteiger partial charge in [-0.15, -0.1) is 0 Å². The minimum absolute atomic E-state index is 0.0967. The molecule has 1 aromatic rings. The van der Waals surface area contributed by atoms with Gasteiger partial charge >= 0.3 is 0 Å². The van der Waals surface area contributed by atoms with Gasteiger partial charge in [0.05, 0.1) is 12.7 Å². The fourth-order valence-corrected chi connectivity index (χ4v) is 2.26. The van der Waals surface area contributed by atoms with Crippen LogP contribution in [0.2, 0.25) is 0 Å². The average Bonchev–Trinajstić information content (AvgIpc) is 2.43. The van der Waals surface area contributed by atoms with E-state index in [9.17, 15) is 9.90 Å². The Morgan fingerprint density at radius 2 is 2.05 bits per heavy atom. The monoisotopic (exact) mass is 278 g/mol. The third-order valence-corrected chi connectivity index (χ3v) is 3.29. The zero-order valence-corrected chi connectivity index (χ0v) is 12.1. The van der Waals surface area contributed by atoms with Crippen molar-refractivity contribution in [3.8, 4) is 5.75 Å². The Labute approximate surface area is 119 Å². The van der Waals surface area contributed by atoms with Crippen LogP contribution in [0.4, 0.5) is 0 Å². The van der Waals surface area contributed by atoms with E-state index in [4.69, 9.17) is 9.47 Å². The van der Waals surface area contributed by atoms with E-state index in [0.717, 1.165) is 24.0 Å². The van der Waals surface area contributed by atoms with E-state index >= 15 is 0 Å². The van der Waals surface area contributed by atoms with E-state index in [1.54, 1.807) is 6.07 Å². The molecule has 1 atom stereocenters. The number of rotatable bonds is 6. The molecule has 20 heavy (non-hydrogen) atoms. The van der Waals surface area contributed by atoms with Gasteiger partial charge in [-0.1, -0.05) is 0 Å². The van der Waals surface area contributed by atoms with E-state index in [1.807, 2.05) is 26.0 Å². The summed E-state index contributed by atoms with van der Waals surface area (Å²) in [6.07, 6.45) is 1.91. The molecule has 0 saturated heterocycles. The lowest BCUT2D eigenvalue weighted by molar-refractivity contribution is -0.0122. The zero-order valence-electron chi connectivity index (χ0n) is 12.1. The van der Waals surface area contributed by atoms with Crippen LogP contribution in [0.25, 0.3) is 0 Å². The molecule has 0 aromatic heterocycles. The van der Waals surface area contributed by atoms with Gasteiger partial charge in [-0.3, -0.25) is 4.79 Å². The highest BCUT2D eigenvalue weighted by Crippen LogP contribution is 2.25. The summed E-state index contributed by atoms with van der Waals surface area (Å²) in [5.41, 5.74) is 1.86. The molecular formula is C16H22O4. The second kappa shape index (κ2) is 6.86. The van der Waals surface area contributed by atoms with E-state index in [-0.39, 0.29) is 25.1 Å². The molecule has 1 aromatic carbocycles. The summed E-state index contributed by atoms with van der Waals surface area (Å²) in [5, 5.41) is 9.74. The summed E-state index contributed by atoms with van der Waals surface area (Å²) in [5.74, 6) is 0.908. The lowest BCUT2D eigenvalue weighted by atomic mass is 9.90. The van der Waals surface area contributed by atoms with E-state index in [0.29, 0.717) is 12.2 Å². The maximum absolute atomic E-state index is 11.7. The molecule has 2 rings (SSSR count). The maximum atomic E-state index is 11.7. The summed E-state index contributed by atoms with van der Waals surface area (Å²) in [6, 6.07) is 5.52. The molecule has 0 spiro atoms. The molecule has 0 saturated carbocycles. The second-order valence-electron chi connectivity index (χ2n) is 5.44. The number of carbonyl (C=O) groups excluding carboxylic acids is 1. The number of aliphatic hydroxyl groups is 1. The molecule has 110 valence electrons. The van der Waals surface area contributed by atoms with Crippen molar-refractivity contribution in [2.24, 2.45) is 0 Å². The van der Waals surface area contributed by atoms with Gasteiger partial charge in [0.1, 0.15) is 18.5 Å². The van der Waals surface area contributed by atoms with Crippen molar-refractivity contribution in [3.63, 3.8) is 0 Å². The standard InChI is InChI=1S/C16H22O4/c1-11(2)19-9-13(17)10-20-14-6-7-15-12(8-14)4-3-5-16(15)18/h6-8,11,13,17H,3-5,9-10H2,1-2H3. The highest BCUT2D eigenvalue weighted by atomic mass is 16.5. The first-order chi connectivity index (χ1) is 9.56. The first-order valence-electron chi connectivity index (χ1n) is 7.15. The van der Waals surface area contributed by atoms with Gasteiger partial charge in [0, 0.05) is 12.0 Å². The Morgan fingerprint density at radius 3 is 2.80 bits per heavy atom. The topological polar surface area (TPSA) is 55.8 Å². The number of hydrogen-bond donors (Lipinski definition) is 1. The predicted octanol–water partition coefficient (Wildman–Crippen LogP) is 2.37. The number of ether oxygens (including phenoxy) is 2. The summed E-state index contributed by atoms with van der Waals surface area (Å²) < 4.78 is 10.9. The lowest BCUT2D eigenvalue weighted by Gasteiger charge is -2.17. The lowest BCUT2D eigenvalue weighted by Crippen LogP contribution is -2.25. The molecule has 1 N–H and O–H groups in total. The minimum atomic E-state index is -0.643. The Bertz CT molecular complexity index is 468. The number of benzene rings is 1. The minimum Gasteiger partial charge on any atom is -0.491 e. The third-order valence-electron chi connectivity index (χ3n) is 3.29. The van der Waals surface area contributed by atoms with Crippen LogP contribution in [-0.4, -0.2) is 36.3 Å². The number of Topliss-reactive ketones (excluding diaryl/α,β-unsaturated/α-hetero) is 1. The number of fused-ring (bicyclic) bond motifs is 1. The normalized spacial score (nSPS) is 16.1. The van der Waals surface area contributed by atoms with Crippen molar-refractivity contribution >= 4 is 5.78 Å². The fraction of sp³-hybridized carbons (Fsp3) is 0.562. The molecule has 0 fully saturated rings. The van der Waals surface area contributed by atoms with Crippen LogP contribution in [0, 0.1) is 0 Å². The van der Waals surface area contributed by atoms with Crippen LogP contribution in [0.1, 0.15) is 42.6 Å². The zero-order chi connectivity index (χ0) is 14.5. The number of hydrogen-bond acceptors (Lipinski definition) is 4. The highest BCUT2D eigenvalue weighted by molar-refractivity contribution is 5.98. The third kappa shape index (κ3) is 4.05. The van der Waals surface area contributed by atoms with Crippen LogP contribution < -0.4 is 4.74 Å². The number of aryl methyl sites for hydroxylation is 1. The van der Waals surface area contributed by atoms with Crippen LogP contribution in [0.5, 0.6) is 5.75 Å². The van der Waals surface area contributed by atoms with E-state index in [2.05, 4.69) is 0 Å². The van der Waals surface area contributed by atoms with Crippen LogP contribution in [0.15, 0.2) is 18.2 Å². The van der Waals surface area contributed by atoms with Gasteiger partial charge in [-0.2, -0.15) is 0 Å². The molecule has 0 aliphatic heterocycles. The number of aliphatic hydroxyl groups excluding tert-OH is 1. The molecule has 1 unspecified atom stereocenters. The Kier molecular flexibility index (Phi) is 5.15. The molecule has 0 radical (unpaired) electrons. The maximum Gasteiger partial charge on any atom is 0.163 e. The molecule has 4 heteroatoms. The molecule has 4 nitrogen and oxygen atoms in total. The predicted molar refractivity (Wildman–Crippen MR) is 76.3 cm³/mol. The first kappa shape index (κ1) is 15.0. The van der Waals surface area contributed by atoms with E-state index < -0.39 is 6.10 Å². The van der Waals surface area contributed by atoms with Gasteiger partial charge in [0.15, 0.2) is 5.78 Å². The van der Waals surface area contributed by atoms with Crippen molar-refractivity contribution in [2.75, 3.05) is 13.2 Å².